The highest BCUT2D eigenvalue weighted by Gasteiger charge is 2.47. The predicted molar refractivity (Wildman–Crippen MR) is 111 cm³/mol. The van der Waals surface area contributed by atoms with Gasteiger partial charge in [-0.3, -0.25) is 9.59 Å². The maximum atomic E-state index is 12.7. The fraction of sp³-hybridized carbons (Fsp3) is 0.652. The average Bonchev–Trinajstić information content (AvgIpc) is 2.69. The zero-order valence-electron chi connectivity index (χ0n) is 18.0. The highest BCUT2D eigenvalue weighted by molar-refractivity contribution is 6.00. The van der Waals surface area contributed by atoms with Crippen molar-refractivity contribution in [2.45, 2.75) is 59.3 Å². The first kappa shape index (κ1) is 24.2. The van der Waals surface area contributed by atoms with Crippen LogP contribution in [-0.4, -0.2) is 37.9 Å². The summed E-state index contributed by atoms with van der Waals surface area (Å²) < 4.78 is 10.0. The minimum atomic E-state index is -1.39. The van der Waals surface area contributed by atoms with E-state index in [1.165, 1.54) is 14.2 Å². The Hall–Kier alpha value is -1.88. The smallest absolute Gasteiger partial charge is 0.323 e. The maximum absolute atomic E-state index is 12.7. The lowest BCUT2D eigenvalue weighted by molar-refractivity contribution is -0.168. The van der Waals surface area contributed by atoms with E-state index in [0.717, 1.165) is 36.8 Å². The molecule has 5 nitrogen and oxygen atoms in total. The largest absolute Gasteiger partial charge is 0.468 e. The number of methoxy groups -OCH3 is 2. The fourth-order valence-electron chi connectivity index (χ4n) is 4.04. The van der Waals surface area contributed by atoms with Gasteiger partial charge in [0.1, 0.15) is 0 Å². The molecule has 0 radical (unpaired) electrons. The number of hydrogen-bond donors (Lipinski definition) is 1. The Labute approximate surface area is 169 Å². The summed E-state index contributed by atoms with van der Waals surface area (Å²) in [5, 5.41) is 9.28. The summed E-state index contributed by atoms with van der Waals surface area (Å²) in [5.41, 5.74) is 0.670. The summed E-state index contributed by atoms with van der Waals surface area (Å²) in [6.45, 7) is 6.35. The highest BCUT2D eigenvalue weighted by atomic mass is 16.5. The first-order chi connectivity index (χ1) is 13.3. The normalized spacial score (nSPS) is 28.2. The summed E-state index contributed by atoms with van der Waals surface area (Å²) in [6.07, 6.45) is 12.2. The summed E-state index contributed by atoms with van der Waals surface area (Å²) in [5.74, 6) is -0.419. The van der Waals surface area contributed by atoms with E-state index >= 15 is 0 Å². The van der Waals surface area contributed by atoms with Crippen LogP contribution in [0.2, 0.25) is 0 Å². The first-order valence-corrected chi connectivity index (χ1v) is 10.1. The number of rotatable bonds is 5. The van der Waals surface area contributed by atoms with Gasteiger partial charge in [-0.25, -0.2) is 0 Å². The Morgan fingerprint density at radius 3 is 2.43 bits per heavy atom. The number of allylic oxidation sites excluding steroid dienone is 6. The van der Waals surface area contributed by atoms with Crippen LogP contribution in [0.25, 0.3) is 0 Å². The second kappa shape index (κ2) is 11.8. The van der Waals surface area contributed by atoms with Gasteiger partial charge in [0.25, 0.3) is 0 Å². The van der Waals surface area contributed by atoms with Gasteiger partial charge in [0.15, 0.2) is 5.41 Å². The van der Waals surface area contributed by atoms with E-state index in [9.17, 15) is 14.7 Å². The molecule has 0 unspecified atom stereocenters. The lowest BCUT2D eigenvalue weighted by atomic mass is 9.76. The van der Waals surface area contributed by atoms with Crippen LogP contribution in [0.15, 0.2) is 35.5 Å². The molecule has 2 atom stereocenters. The Bertz CT molecular complexity index is 598. The number of esters is 2. The molecule has 0 aromatic rings. The molecule has 0 aromatic heterocycles. The van der Waals surface area contributed by atoms with Crippen molar-refractivity contribution in [2.75, 3.05) is 20.8 Å². The molecule has 0 aromatic carbocycles. The first-order valence-electron chi connectivity index (χ1n) is 10.1. The molecule has 1 aliphatic rings. The van der Waals surface area contributed by atoms with Crippen LogP contribution in [0.1, 0.15) is 59.3 Å². The van der Waals surface area contributed by atoms with Gasteiger partial charge in [-0.15, -0.1) is 0 Å². The zero-order chi connectivity index (χ0) is 21.2. The third-order valence-electron chi connectivity index (χ3n) is 5.76. The van der Waals surface area contributed by atoms with Crippen LogP contribution in [-0.2, 0) is 19.1 Å². The Balaban J connectivity index is 3.42. The van der Waals surface area contributed by atoms with Crippen molar-refractivity contribution in [3.63, 3.8) is 0 Å². The average molecular weight is 393 g/mol. The van der Waals surface area contributed by atoms with E-state index in [4.69, 9.17) is 9.47 Å². The quantitative estimate of drug-likeness (QED) is 0.427. The monoisotopic (exact) mass is 392 g/mol. The number of carbonyl (C=O) groups excluding carboxylic acids is 2. The molecule has 0 spiro atoms. The van der Waals surface area contributed by atoms with Gasteiger partial charge in [0.2, 0.25) is 0 Å². The van der Waals surface area contributed by atoms with Crippen LogP contribution in [0.4, 0.5) is 0 Å². The van der Waals surface area contributed by atoms with E-state index in [0.29, 0.717) is 11.8 Å². The van der Waals surface area contributed by atoms with Crippen molar-refractivity contribution in [1.29, 1.82) is 0 Å². The Morgan fingerprint density at radius 1 is 1.21 bits per heavy atom. The van der Waals surface area contributed by atoms with Gasteiger partial charge < -0.3 is 14.6 Å². The Morgan fingerprint density at radius 2 is 1.86 bits per heavy atom. The maximum Gasteiger partial charge on any atom is 0.323 e. The number of aliphatic hydroxyl groups is 1. The third kappa shape index (κ3) is 6.33. The molecule has 0 saturated carbocycles. The molecule has 0 bridgehead atoms. The van der Waals surface area contributed by atoms with Gasteiger partial charge >= 0.3 is 11.9 Å². The minimum Gasteiger partial charge on any atom is -0.468 e. The molecule has 0 amide bonds. The van der Waals surface area contributed by atoms with Crippen molar-refractivity contribution in [3.05, 3.63) is 35.5 Å². The van der Waals surface area contributed by atoms with Gasteiger partial charge in [-0.05, 0) is 64.2 Å². The number of aliphatic hydroxyl groups excluding tert-OH is 1. The van der Waals surface area contributed by atoms with E-state index in [2.05, 4.69) is 19.9 Å². The lowest BCUT2D eigenvalue weighted by Gasteiger charge is -2.29. The topological polar surface area (TPSA) is 72.8 Å². The third-order valence-corrected chi connectivity index (χ3v) is 5.76. The van der Waals surface area contributed by atoms with Crippen LogP contribution in [0, 0.1) is 17.3 Å². The van der Waals surface area contributed by atoms with E-state index in [-0.39, 0.29) is 19.4 Å². The van der Waals surface area contributed by atoms with Crippen molar-refractivity contribution in [3.8, 4) is 0 Å². The molecule has 1 N–H and O–H groups in total. The molecule has 1 aliphatic carbocycles. The summed E-state index contributed by atoms with van der Waals surface area (Å²) in [7, 11) is 2.60. The van der Waals surface area contributed by atoms with Gasteiger partial charge in [0, 0.05) is 6.61 Å². The molecule has 1 rings (SSSR count). The molecule has 0 saturated heterocycles. The van der Waals surface area contributed by atoms with Crippen molar-refractivity contribution in [1.82, 2.24) is 0 Å². The molecule has 0 aliphatic heterocycles. The second-order valence-electron chi connectivity index (χ2n) is 7.86. The lowest BCUT2D eigenvalue weighted by Crippen LogP contribution is -2.41. The highest BCUT2D eigenvalue weighted by Crippen LogP contribution is 2.37. The second-order valence-corrected chi connectivity index (χ2v) is 7.86. The number of ether oxygens (including phenoxy) is 2. The summed E-state index contributed by atoms with van der Waals surface area (Å²) in [6, 6.07) is 0. The molecule has 158 valence electrons. The standard InChI is InChI=1S/C23H36O5/c1-17-10-7-6-8-11-18(2)20(12-9-15-24)19(3)13-14-23(16-17,21(25)27-4)22(26)28-5/h6-7,10,13,18,20,24H,8-9,11-12,14-16H2,1-5H3/b7-6+,17-10-,19-13-/t18-,20+/m0/s1. The van der Waals surface area contributed by atoms with E-state index < -0.39 is 17.4 Å². The van der Waals surface area contributed by atoms with Gasteiger partial charge in [-0.2, -0.15) is 0 Å². The summed E-state index contributed by atoms with van der Waals surface area (Å²) in [4.78, 5) is 25.4. The molecule has 28 heavy (non-hydrogen) atoms. The van der Waals surface area contributed by atoms with Crippen molar-refractivity contribution in [2.24, 2.45) is 17.3 Å². The fourth-order valence-corrected chi connectivity index (χ4v) is 4.04. The summed E-state index contributed by atoms with van der Waals surface area (Å²) >= 11 is 0. The predicted octanol–water partition coefficient (Wildman–Crippen LogP) is 4.37. The van der Waals surface area contributed by atoms with Crippen molar-refractivity contribution >= 4 is 11.9 Å². The number of carbonyl (C=O) groups is 2. The zero-order valence-corrected chi connectivity index (χ0v) is 18.0. The SMILES string of the molecule is COC(=O)C1(C(=O)OC)C/C=C(/C)[C@H](CCCO)[C@@H](C)CC/C=C/C=C(/C)C1. The van der Waals surface area contributed by atoms with Crippen LogP contribution < -0.4 is 0 Å². The number of hydrogen-bond acceptors (Lipinski definition) is 5. The molecular weight excluding hydrogens is 356 g/mol. The minimum absolute atomic E-state index is 0.160. The van der Waals surface area contributed by atoms with Gasteiger partial charge in [0.05, 0.1) is 14.2 Å². The Kier molecular flexibility index (Phi) is 10.2. The van der Waals surface area contributed by atoms with Crippen LogP contribution in [0.5, 0.6) is 0 Å². The molecule has 0 fully saturated rings. The molecule has 0 heterocycles. The van der Waals surface area contributed by atoms with Crippen molar-refractivity contribution < 1.29 is 24.2 Å². The van der Waals surface area contributed by atoms with Crippen LogP contribution >= 0.6 is 0 Å². The van der Waals surface area contributed by atoms with E-state index in [1.807, 2.05) is 25.2 Å². The van der Waals surface area contributed by atoms with E-state index in [1.54, 1.807) is 0 Å². The molecular formula is C23H36O5. The van der Waals surface area contributed by atoms with Gasteiger partial charge in [-0.1, -0.05) is 42.4 Å². The van der Waals surface area contributed by atoms with Crippen LogP contribution in [0.3, 0.4) is 0 Å². The molecule has 5 heteroatoms.